The number of ether oxygens (including phenoxy) is 1. The van der Waals surface area contributed by atoms with Crippen LogP contribution in [0.15, 0.2) is 24.8 Å². The molecule has 0 spiro atoms. The van der Waals surface area contributed by atoms with Crippen LogP contribution in [0.3, 0.4) is 0 Å². The molecule has 1 unspecified atom stereocenters. The first-order valence-corrected chi connectivity index (χ1v) is 6.63. The van der Waals surface area contributed by atoms with E-state index >= 15 is 0 Å². The summed E-state index contributed by atoms with van der Waals surface area (Å²) in [5, 5.41) is 13.3. The van der Waals surface area contributed by atoms with E-state index in [2.05, 4.69) is 23.8 Å². The van der Waals surface area contributed by atoms with Crippen molar-refractivity contribution in [1.82, 2.24) is 10.2 Å². The number of hydrogen-bond donors (Lipinski definition) is 2. The summed E-state index contributed by atoms with van der Waals surface area (Å²) in [7, 11) is 3.74. The first-order chi connectivity index (χ1) is 9.13. The third-order valence-electron chi connectivity index (χ3n) is 3.75. The fourth-order valence-corrected chi connectivity index (χ4v) is 2.56. The summed E-state index contributed by atoms with van der Waals surface area (Å²) in [6.07, 6.45) is 2.45. The fraction of sp³-hybridized carbons (Fsp3) is 0.467. The van der Waals surface area contributed by atoms with Gasteiger partial charge >= 0.3 is 0 Å². The molecule has 0 radical (unpaired) electrons. The molecule has 0 amide bonds. The Morgan fingerprint density at radius 1 is 1.58 bits per heavy atom. The average molecular weight is 262 g/mol. The number of benzene rings is 1. The molecule has 104 valence electrons. The van der Waals surface area contributed by atoms with Crippen LogP contribution >= 0.6 is 0 Å². The minimum atomic E-state index is 0.191. The molecule has 0 bridgehead atoms. The molecule has 1 aliphatic heterocycles. The summed E-state index contributed by atoms with van der Waals surface area (Å²) in [6.45, 7) is 6.00. The van der Waals surface area contributed by atoms with Gasteiger partial charge in [0.05, 0.1) is 12.7 Å². The molecule has 1 fully saturated rings. The van der Waals surface area contributed by atoms with Crippen molar-refractivity contribution in [2.45, 2.75) is 18.9 Å². The quantitative estimate of drug-likeness (QED) is 0.852. The van der Waals surface area contributed by atoms with Gasteiger partial charge in [0, 0.05) is 18.3 Å². The molecule has 2 N–H and O–H groups in total. The Labute approximate surface area is 114 Å². The molecule has 1 atom stereocenters. The molecular weight excluding hydrogens is 240 g/mol. The Hall–Kier alpha value is -1.68. The van der Waals surface area contributed by atoms with Gasteiger partial charge in [-0.05, 0) is 38.6 Å². The molecule has 0 aliphatic carbocycles. The van der Waals surface area contributed by atoms with Gasteiger partial charge in [0.1, 0.15) is 11.5 Å². The van der Waals surface area contributed by atoms with E-state index < -0.39 is 0 Å². The molecule has 1 aliphatic rings. The number of nitrogens with one attached hydrogen (secondary N) is 1. The second-order valence-corrected chi connectivity index (χ2v) is 4.99. The summed E-state index contributed by atoms with van der Waals surface area (Å²) in [6, 6.07) is 5.76. The van der Waals surface area contributed by atoms with Crippen molar-refractivity contribution in [1.29, 1.82) is 0 Å². The van der Waals surface area contributed by atoms with Crippen molar-refractivity contribution in [3.05, 3.63) is 30.3 Å². The highest BCUT2D eigenvalue weighted by molar-refractivity contribution is 5.72. The average Bonchev–Trinajstić information content (AvgIpc) is 2.81. The lowest BCUT2D eigenvalue weighted by atomic mass is 10.1. The standard InChI is InChI=1S/C15H22N2O2/c1-11(16-10-12-6-5-9-17(12)2)15-13(18)7-4-8-14(15)19-3/h4,7-8,12,16,18H,1,5-6,9-10H2,2-3H3. The number of likely N-dealkylation sites (N-methyl/N-ethyl adjacent to an activating group) is 1. The maximum Gasteiger partial charge on any atom is 0.131 e. The van der Waals surface area contributed by atoms with Crippen molar-refractivity contribution < 1.29 is 9.84 Å². The lowest BCUT2D eigenvalue weighted by Crippen LogP contribution is -2.34. The minimum Gasteiger partial charge on any atom is -0.507 e. The largest absolute Gasteiger partial charge is 0.507 e. The van der Waals surface area contributed by atoms with Gasteiger partial charge in [0.2, 0.25) is 0 Å². The van der Waals surface area contributed by atoms with Gasteiger partial charge in [-0.15, -0.1) is 0 Å². The Morgan fingerprint density at radius 2 is 2.37 bits per heavy atom. The monoisotopic (exact) mass is 262 g/mol. The van der Waals surface area contributed by atoms with E-state index in [1.165, 1.54) is 12.8 Å². The highest BCUT2D eigenvalue weighted by atomic mass is 16.5. The number of likely N-dealkylation sites (tertiary alicyclic amines) is 1. The van der Waals surface area contributed by atoms with Crippen LogP contribution in [-0.4, -0.2) is 43.3 Å². The number of nitrogens with zero attached hydrogens (tertiary/aromatic N) is 1. The van der Waals surface area contributed by atoms with Gasteiger partial charge in [-0.1, -0.05) is 12.6 Å². The molecule has 4 heteroatoms. The zero-order valence-corrected chi connectivity index (χ0v) is 11.6. The number of aromatic hydroxyl groups is 1. The highest BCUT2D eigenvalue weighted by Crippen LogP contribution is 2.31. The molecule has 1 saturated heterocycles. The van der Waals surface area contributed by atoms with Gasteiger partial charge < -0.3 is 20.1 Å². The highest BCUT2D eigenvalue weighted by Gasteiger charge is 2.21. The zero-order valence-electron chi connectivity index (χ0n) is 11.6. The van der Waals surface area contributed by atoms with Crippen molar-refractivity contribution in [3.8, 4) is 11.5 Å². The van der Waals surface area contributed by atoms with Gasteiger partial charge in [-0.25, -0.2) is 0 Å². The first kappa shape index (κ1) is 13.7. The predicted octanol–water partition coefficient (Wildman–Crippen LogP) is 2.06. The van der Waals surface area contributed by atoms with E-state index in [9.17, 15) is 5.11 Å². The van der Waals surface area contributed by atoms with Gasteiger partial charge in [0.15, 0.2) is 0 Å². The van der Waals surface area contributed by atoms with Crippen molar-refractivity contribution in [3.63, 3.8) is 0 Å². The van der Waals surface area contributed by atoms with Crippen LogP contribution in [-0.2, 0) is 0 Å². The molecule has 4 nitrogen and oxygen atoms in total. The van der Waals surface area contributed by atoms with Crippen LogP contribution in [0.2, 0.25) is 0 Å². The van der Waals surface area contributed by atoms with Crippen LogP contribution in [0.25, 0.3) is 5.70 Å². The normalized spacial score (nSPS) is 19.4. The number of hydrogen-bond acceptors (Lipinski definition) is 4. The first-order valence-electron chi connectivity index (χ1n) is 6.63. The third kappa shape index (κ3) is 3.01. The molecule has 0 saturated carbocycles. The lowest BCUT2D eigenvalue weighted by molar-refractivity contribution is 0.309. The second kappa shape index (κ2) is 5.97. The van der Waals surface area contributed by atoms with Crippen LogP contribution in [0.1, 0.15) is 18.4 Å². The number of methoxy groups -OCH3 is 1. The van der Waals surface area contributed by atoms with E-state index in [-0.39, 0.29) is 5.75 Å². The molecule has 2 rings (SSSR count). The summed E-state index contributed by atoms with van der Waals surface area (Å²) in [5.74, 6) is 0.828. The van der Waals surface area contributed by atoms with Gasteiger partial charge in [-0.2, -0.15) is 0 Å². The maximum atomic E-state index is 9.95. The van der Waals surface area contributed by atoms with Gasteiger partial charge in [-0.3, -0.25) is 0 Å². The molecule has 1 aromatic rings. The van der Waals surface area contributed by atoms with Crippen LogP contribution in [0, 0.1) is 0 Å². The van der Waals surface area contributed by atoms with Crippen LogP contribution < -0.4 is 10.1 Å². The molecule has 1 aromatic carbocycles. The summed E-state index contributed by atoms with van der Waals surface area (Å²) >= 11 is 0. The Morgan fingerprint density at radius 3 is 3.00 bits per heavy atom. The van der Waals surface area contributed by atoms with Crippen LogP contribution in [0.4, 0.5) is 0 Å². The zero-order chi connectivity index (χ0) is 13.8. The SMILES string of the molecule is C=C(NCC1CCCN1C)c1c(O)cccc1OC. The number of phenolic OH excluding ortho intramolecular Hbond substituents is 1. The molecule has 1 heterocycles. The molecule has 0 aromatic heterocycles. The Balaban J connectivity index is 2.03. The number of phenols is 1. The van der Waals surface area contributed by atoms with Crippen LogP contribution in [0.5, 0.6) is 11.5 Å². The van der Waals surface area contributed by atoms with Crippen molar-refractivity contribution in [2.24, 2.45) is 0 Å². The lowest BCUT2D eigenvalue weighted by Gasteiger charge is -2.22. The maximum absolute atomic E-state index is 9.95. The Bertz CT molecular complexity index is 459. The van der Waals surface area contributed by atoms with Gasteiger partial charge in [0.25, 0.3) is 0 Å². The topological polar surface area (TPSA) is 44.7 Å². The third-order valence-corrected chi connectivity index (χ3v) is 3.75. The van der Waals surface area contributed by atoms with E-state index in [1.54, 1.807) is 19.2 Å². The summed E-state index contributed by atoms with van der Waals surface area (Å²) in [4.78, 5) is 2.35. The summed E-state index contributed by atoms with van der Waals surface area (Å²) < 4.78 is 5.27. The van der Waals surface area contributed by atoms with E-state index in [1.807, 2.05) is 6.07 Å². The molecule has 19 heavy (non-hydrogen) atoms. The predicted molar refractivity (Wildman–Crippen MR) is 77.3 cm³/mol. The number of rotatable bonds is 5. The molecular formula is C15H22N2O2. The Kier molecular flexibility index (Phi) is 4.32. The summed E-state index contributed by atoms with van der Waals surface area (Å²) in [5.41, 5.74) is 1.35. The van der Waals surface area contributed by atoms with E-state index in [0.717, 1.165) is 13.1 Å². The second-order valence-electron chi connectivity index (χ2n) is 4.99. The van der Waals surface area contributed by atoms with Crippen molar-refractivity contribution in [2.75, 3.05) is 27.2 Å². The van der Waals surface area contributed by atoms with E-state index in [4.69, 9.17) is 4.74 Å². The smallest absolute Gasteiger partial charge is 0.131 e. The van der Waals surface area contributed by atoms with E-state index in [0.29, 0.717) is 23.1 Å². The minimum absolute atomic E-state index is 0.191. The van der Waals surface area contributed by atoms with Crippen molar-refractivity contribution >= 4 is 5.70 Å². The fourth-order valence-electron chi connectivity index (χ4n) is 2.56.